The molecule has 0 saturated heterocycles. The van der Waals surface area contributed by atoms with Crippen LogP contribution < -0.4 is 0 Å². The normalized spacial score (nSPS) is 14.5. The van der Waals surface area contributed by atoms with Gasteiger partial charge in [0.1, 0.15) is 12.4 Å². The van der Waals surface area contributed by atoms with Gasteiger partial charge in [-0.05, 0) is 18.9 Å². The lowest BCUT2D eigenvalue weighted by atomic mass is 10.1. The molecule has 1 aliphatic carbocycles. The summed E-state index contributed by atoms with van der Waals surface area (Å²) in [6.07, 6.45) is 1.85. The Morgan fingerprint density at radius 3 is 2.75 bits per heavy atom. The first-order valence-corrected chi connectivity index (χ1v) is 6.10. The van der Waals surface area contributed by atoms with Crippen LogP contribution in [0.15, 0.2) is 18.2 Å². The van der Waals surface area contributed by atoms with E-state index in [1.54, 1.807) is 4.57 Å². The van der Waals surface area contributed by atoms with Crippen LogP contribution in [0.4, 0.5) is 10.1 Å². The molecule has 0 bridgehead atoms. The van der Waals surface area contributed by atoms with Crippen LogP contribution in [0, 0.1) is 15.9 Å². The fourth-order valence-corrected chi connectivity index (χ4v) is 2.13. The second-order valence-electron chi connectivity index (χ2n) is 4.62. The van der Waals surface area contributed by atoms with E-state index in [0.717, 1.165) is 18.9 Å². The summed E-state index contributed by atoms with van der Waals surface area (Å²) in [4.78, 5) is 9.95. The molecule has 1 fully saturated rings. The van der Waals surface area contributed by atoms with E-state index in [9.17, 15) is 19.6 Å². The molecule has 0 spiro atoms. The van der Waals surface area contributed by atoms with Crippen LogP contribution in [0.1, 0.15) is 24.7 Å². The number of rotatable bonds is 4. The maximum atomic E-state index is 14.0. The summed E-state index contributed by atoms with van der Waals surface area (Å²) in [6.45, 7) is -0.280. The quantitative estimate of drug-likeness (QED) is 0.680. The maximum Gasteiger partial charge on any atom is 0.272 e. The molecule has 0 atom stereocenters. The number of nitro benzene ring substituents is 1. The van der Waals surface area contributed by atoms with E-state index in [-0.39, 0.29) is 23.9 Å². The van der Waals surface area contributed by atoms with E-state index in [1.807, 2.05) is 0 Å². The minimum atomic E-state index is -0.724. The molecule has 0 radical (unpaired) electrons. The zero-order chi connectivity index (χ0) is 14.3. The number of halogens is 1. The van der Waals surface area contributed by atoms with E-state index in [4.69, 9.17) is 0 Å². The summed E-state index contributed by atoms with van der Waals surface area (Å²) >= 11 is 0. The van der Waals surface area contributed by atoms with Crippen molar-refractivity contribution < 1.29 is 14.4 Å². The van der Waals surface area contributed by atoms with E-state index in [0.29, 0.717) is 11.6 Å². The smallest absolute Gasteiger partial charge is 0.272 e. The molecule has 0 aliphatic heterocycles. The van der Waals surface area contributed by atoms with Gasteiger partial charge < -0.3 is 9.67 Å². The van der Waals surface area contributed by atoms with Gasteiger partial charge in [-0.2, -0.15) is 0 Å². The fourth-order valence-electron chi connectivity index (χ4n) is 2.13. The molecule has 1 heterocycles. The molecule has 8 heteroatoms. The lowest BCUT2D eigenvalue weighted by molar-refractivity contribution is -0.385. The van der Waals surface area contributed by atoms with Crippen LogP contribution in [-0.4, -0.2) is 24.8 Å². The predicted molar refractivity (Wildman–Crippen MR) is 66.3 cm³/mol. The number of nitrogens with zero attached hydrogens (tertiary/aromatic N) is 4. The molecular formula is C12H11FN4O3. The van der Waals surface area contributed by atoms with Crippen LogP contribution in [0.2, 0.25) is 0 Å². The Kier molecular flexibility index (Phi) is 2.94. The van der Waals surface area contributed by atoms with Gasteiger partial charge >= 0.3 is 0 Å². The maximum absolute atomic E-state index is 14.0. The van der Waals surface area contributed by atoms with Crippen LogP contribution in [0.3, 0.4) is 0 Å². The van der Waals surface area contributed by atoms with Crippen molar-refractivity contribution in [2.24, 2.45) is 0 Å². The third kappa shape index (κ3) is 2.03. The van der Waals surface area contributed by atoms with Gasteiger partial charge in [0, 0.05) is 12.1 Å². The Morgan fingerprint density at radius 2 is 2.20 bits per heavy atom. The molecule has 104 valence electrons. The summed E-state index contributed by atoms with van der Waals surface area (Å²) in [5.41, 5.74) is -0.166. The Bertz CT molecular complexity index is 681. The van der Waals surface area contributed by atoms with Crippen LogP contribution in [0.25, 0.3) is 11.4 Å². The van der Waals surface area contributed by atoms with Crippen LogP contribution in [-0.2, 0) is 6.61 Å². The third-order valence-electron chi connectivity index (χ3n) is 3.22. The molecule has 2 aromatic rings. The highest BCUT2D eigenvalue weighted by Crippen LogP contribution is 2.39. The first-order chi connectivity index (χ1) is 9.61. The Labute approximate surface area is 112 Å². The zero-order valence-electron chi connectivity index (χ0n) is 10.4. The van der Waals surface area contributed by atoms with Crippen LogP contribution in [0.5, 0.6) is 0 Å². The molecule has 0 amide bonds. The zero-order valence-corrected chi connectivity index (χ0v) is 10.4. The van der Waals surface area contributed by atoms with Crippen molar-refractivity contribution in [3.8, 4) is 11.4 Å². The molecule has 1 saturated carbocycles. The first kappa shape index (κ1) is 12.7. The van der Waals surface area contributed by atoms with Crippen molar-refractivity contribution in [2.75, 3.05) is 0 Å². The Morgan fingerprint density at radius 1 is 1.45 bits per heavy atom. The van der Waals surface area contributed by atoms with Crippen molar-refractivity contribution in [3.05, 3.63) is 40.0 Å². The van der Waals surface area contributed by atoms with Gasteiger partial charge in [-0.1, -0.05) is 0 Å². The molecule has 20 heavy (non-hydrogen) atoms. The highest BCUT2D eigenvalue weighted by Gasteiger charge is 2.30. The highest BCUT2D eigenvalue weighted by molar-refractivity contribution is 5.59. The summed E-state index contributed by atoms with van der Waals surface area (Å²) in [6, 6.07) is 3.57. The molecule has 7 nitrogen and oxygen atoms in total. The summed E-state index contributed by atoms with van der Waals surface area (Å²) in [7, 11) is 0. The van der Waals surface area contributed by atoms with Gasteiger partial charge in [0.2, 0.25) is 0 Å². The number of hydrogen-bond acceptors (Lipinski definition) is 5. The predicted octanol–water partition coefficient (Wildman–Crippen LogP) is 1.82. The molecule has 1 aliphatic rings. The molecular weight excluding hydrogens is 267 g/mol. The van der Waals surface area contributed by atoms with Crippen molar-refractivity contribution in [1.29, 1.82) is 0 Å². The number of benzene rings is 1. The van der Waals surface area contributed by atoms with Gasteiger partial charge in [-0.15, -0.1) is 10.2 Å². The first-order valence-electron chi connectivity index (χ1n) is 6.10. The fraction of sp³-hybridized carbons (Fsp3) is 0.333. The topological polar surface area (TPSA) is 94.1 Å². The highest BCUT2D eigenvalue weighted by atomic mass is 19.1. The lowest BCUT2D eigenvalue weighted by Gasteiger charge is -2.08. The minimum absolute atomic E-state index is 0.148. The molecule has 3 rings (SSSR count). The second-order valence-corrected chi connectivity index (χ2v) is 4.62. The average Bonchev–Trinajstić information content (AvgIpc) is 3.18. The summed E-state index contributed by atoms with van der Waals surface area (Å²) in [5.74, 6) is -0.0535. The largest absolute Gasteiger partial charge is 0.388 e. The Hall–Kier alpha value is -2.35. The average molecular weight is 278 g/mol. The molecule has 1 N–H and O–H groups in total. The van der Waals surface area contributed by atoms with Crippen molar-refractivity contribution >= 4 is 5.69 Å². The third-order valence-corrected chi connectivity index (χ3v) is 3.22. The van der Waals surface area contributed by atoms with E-state index >= 15 is 0 Å². The Balaban J connectivity index is 2.09. The number of aliphatic hydroxyl groups is 1. The van der Waals surface area contributed by atoms with Crippen molar-refractivity contribution in [2.45, 2.75) is 25.5 Å². The minimum Gasteiger partial charge on any atom is -0.388 e. The monoisotopic (exact) mass is 278 g/mol. The lowest BCUT2D eigenvalue weighted by Crippen LogP contribution is -2.04. The van der Waals surface area contributed by atoms with Gasteiger partial charge in [0.25, 0.3) is 5.69 Å². The van der Waals surface area contributed by atoms with E-state index < -0.39 is 10.7 Å². The van der Waals surface area contributed by atoms with Gasteiger partial charge in [-0.25, -0.2) is 4.39 Å². The standard InChI is InChI=1S/C12H11FN4O3/c13-10-5-8(17(19)20)3-4-9(10)12-15-14-11(6-18)16(12)7-1-2-7/h3-5,7,18H,1-2,6H2. The summed E-state index contributed by atoms with van der Waals surface area (Å²) in [5, 5.41) is 27.6. The van der Waals surface area contributed by atoms with Crippen LogP contribution >= 0.6 is 0 Å². The van der Waals surface area contributed by atoms with Gasteiger partial charge in [-0.3, -0.25) is 10.1 Å². The van der Waals surface area contributed by atoms with Crippen molar-refractivity contribution in [3.63, 3.8) is 0 Å². The van der Waals surface area contributed by atoms with Gasteiger partial charge in [0.15, 0.2) is 11.6 Å². The number of aromatic nitrogens is 3. The molecule has 0 unspecified atom stereocenters. The number of nitro groups is 1. The molecule has 1 aromatic carbocycles. The number of hydrogen-bond donors (Lipinski definition) is 1. The second kappa shape index (κ2) is 4.64. The van der Waals surface area contributed by atoms with E-state index in [1.165, 1.54) is 12.1 Å². The molecule has 1 aromatic heterocycles. The van der Waals surface area contributed by atoms with Gasteiger partial charge in [0.05, 0.1) is 16.6 Å². The number of non-ortho nitro benzene ring substituents is 1. The van der Waals surface area contributed by atoms with E-state index in [2.05, 4.69) is 10.2 Å². The SMILES string of the molecule is O=[N+]([O-])c1ccc(-c2nnc(CO)n2C2CC2)c(F)c1. The number of aliphatic hydroxyl groups excluding tert-OH is 1. The summed E-state index contributed by atoms with van der Waals surface area (Å²) < 4.78 is 15.7. The van der Waals surface area contributed by atoms with Crippen molar-refractivity contribution in [1.82, 2.24) is 14.8 Å².